The van der Waals surface area contributed by atoms with Gasteiger partial charge in [0.05, 0.1) is 17.4 Å². The number of rotatable bonds is 4. The van der Waals surface area contributed by atoms with Gasteiger partial charge in [0, 0.05) is 24.4 Å². The van der Waals surface area contributed by atoms with E-state index in [4.69, 9.17) is 9.47 Å². The average molecular weight is 475 g/mol. The molecule has 0 spiro atoms. The summed E-state index contributed by atoms with van der Waals surface area (Å²) in [7, 11) is 0. The number of nitrogens with zero attached hydrogens (tertiary/aromatic N) is 2. The van der Waals surface area contributed by atoms with Crippen LogP contribution in [0.4, 0.5) is 20.2 Å². The molecule has 3 heterocycles. The van der Waals surface area contributed by atoms with E-state index in [0.717, 1.165) is 23.9 Å². The molecule has 2 aromatic carbocycles. The second-order valence-corrected chi connectivity index (χ2v) is 8.40. The van der Waals surface area contributed by atoms with Crippen molar-refractivity contribution in [1.82, 2.24) is 10.9 Å². The summed E-state index contributed by atoms with van der Waals surface area (Å²) in [6.45, 7) is 1.24. The Hall–Kier alpha value is -3.22. The Balaban J connectivity index is 1.32. The molecule has 0 saturated carbocycles. The highest BCUT2D eigenvalue weighted by Gasteiger charge is 2.42. The molecular weight excluding hydrogens is 456 g/mol. The second kappa shape index (κ2) is 8.96. The molecule has 2 atom stereocenters. The Morgan fingerprint density at radius 1 is 1.15 bits per heavy atom. The van der Waals surface area contributed by atoms with Gasteiger partial charge in [0.15, 0.2) is 28.3 Å². The fourth-order valence-electron chi connectivity index (χ4n) is 3.68. The molecule has 3 aliphatic rings. The summed E-state index contributed by atoms with van der Waals surface area (Å²) in [5.74, 6) is -2.17. The highest BCUT2D eigenvalue weighted by molar-refractivity contribution is 8.14. The van der Waals surface area contributed by atoms with Crippen LogP contribution in [0.25, 0.3) is 0 Å². The molecule has 172 valence electrons. The standard InChI is InChI=1S/C21H19F2N5O4S/c22-14-3-2-12(8-15(14)23)28-20(30)13-9-24-27-19(13)26-21(28)33-10-18(29)25-11-1-4-16-17(7-11)32-6-5-31-16/h1-4,7-8,13,19,24,27H,5-6,9-10H2,(H,25,29). The molecule has 3 N–H and O–H groups in total. The van der Waals surface area contributed by atoms with Crippen LogP contribution >= 0.6 is 11.8 Å². The summed E-state index contributed by atoms with van der Waals surface area (Å²) in [4.78, 5) is 31.4. The molecule has 0 aromatic heterocycles. The third kappa shape index (κ3) is 4.36. The second-order valence-electron chi connectivity index (χ2n) is 7.46. The van der Waals surface area contributed by atoms with Crippen LogP contribution in [-0.4, -0.2) is 48.7 Å². The number of hydrogen-bond donors (Lipinski definition) is 3. The molecule has 0 aliphatic carbocycles. The molecule has 1 fully saturated rings. The highest BCUT2D eigenvalue weighted by Crippen LogP contribution is 2.33. The third-order valence-corrected chi connectivity index (χ3v) is 6.20. The lowest BCUT2D eigenvalue weighted by Gasteiger charge is -2.32. The van der Waals surface area contributed by atoms with Crippen molar-refractivity contribution >= 4 is 40.1 Å². The van der Waals surface area contributed by atoms with Crippen molar-refractivity contribution in [2.24, 2.45) is 10.9 Å². The molecule has 33 heavy (non-hydrogen) atoms. The number of fused-ring (bicyclic) bond motifs is 2. The lowest BCUT2D eigenvalue weighted by atomic mass is 10.0. The third-order valence-electron chi connectivity index (χ3n) is 5.25. The van der Waals surface area contributed by atoms with Crippen LogP contribution in [0.5, 0.6) is 11.5 Å². The monoisotopic (exact) mass is 475 g/mol. The Morgan fingerprint density at radius 2 is 1.97 bits per heavy atom. The van der Waals surface area contributed by atoms with E-state index in [0.29, 0.717) is 36.9 Å². The Labute approximate surface area is 191 Å². The number of nitrogens with one attached hydrogen (secondary N) is 3. The Morgan fingerprint density at radius 3 is 2.79 bits per heavy atom. The van der Waals surface area contributed by atoms with E-state index in [2.05, 4.69) is 21.2 Å². The number of anilines is 2. The van der Waals surface area contributed by atoms with Crippen LogP contribution in [0.1, 0.15) is 0 Å². The molecule has 2 aromatic rings. The van der Waals surface area contributed by atoms with Gasteiger partial charge in [0.1, 0.15) is 19.4 Å². The summed E-state index contributed by atoms with van der Waals surface area (Å²) in [5, 5.41) is 2.98. The van der Waals surface area contributed by atoms with Crippen molar-refractivity contribution in [3.8, 4) is 11.5 Å². The number of aliphatic imine (C=N–C) groups is 1. The molecule has 3 aliphatic heterocycles. The maximum atomic E-state index is 13.9. The van der Waals surface area contributed by atoms with Crippen LogP contribution in [0.2, 0.25) is 0 Å². The minimum Gasteiger partial charge on any atom is -0.486 e. The van der Waals surface area contributed by atoms with Crippen LogP contribution in [0, 0.1) is 17.6 Å². The van der Waals surface area contributed by atoms with Crippen molar-refractivity contribution in [2.75, 3.05) is 35.7 Å². The van der Waals surface area contributed by atoms with Crippen molar-refractivity contribution in [3.63, 3.8) is 0 Å². The predicted octanol–water partition coefficient (Wildman–Crippen LogP) is 1.86. The maximum absolute atomic E-state index is 13.9. The first-order valence-electron chi connectivity index (χ1n) is 10.2. The van der Waals surface area contributed by atoms with Crippen molar-refractivity contribution < 1.29 is 27.8 Å². The topological polar surface area (TPSA) is 104 Å². The minimum absolute atomic E-state index is 0.0639. The molecule has 5 rings (SSSR count). The summed E-state index contributed by atoms with van der Waals surface area (Å²) < 4.78 is 38.3. The van der Waals surface area contributed by atoms with Crippen LogP contribution in [0.3, 0.4) is 0 Å². The van der Waals surface area contributed by atoms with E-state index in [1.165, 1.54) is 11.0 Å². The first-order chi connectivity index (χ1) is 16.0. The number of halogens is 2. The normalized spacial score (nSPS) is 21.5. The SMILES string of the molecule is O=C(CSC1=NC2NNCC2C(=O)N1c1ccc(F)c(F)c1)Nc1ccc2c(c1)OCCO2. The van der Waals surface area contributed by atoms with Crippen molar-refractivity contribution in [1.29, 1.82) is 0 Å². The zero-order valence-corrected chi connectivity index (χ0v) is 18.0. The van der Waals surface area contributed by atoms with Gasteiger partial charge in [-0.15, -0.1) is 0 Å². The van der Waals surface area contributed by atoms with E-state index in [1.807, 2.05) is 0 Å². The molecule has 2 unspecified atom stereocenters. The molecular formula is C21H19F2N5O4S. The molecule has 12 heteroatoms. The molecule has 1 saturated heterocycles. The largest absolute Gasteiger partial charge is 0.486 e. The number of ether oxygens (including phenoxy) is 2. The van der Waals surface area contributed by atoms with Gasteiger partial charge in [-0.3, -0.25) is 19.9 Å². The molecule has 0 radical (unpaired) electrons. The lowest BCUT2D eigenvalue weighted by Crippen LogP contribution is -2.49. The van der Waals surface area contributed by atoms with Gasteiger partial charge in [0.2, 0.25) is 11.8 Å². The number of amidine groups is 1. The summed E-state index contributed by atoms with van der Waals surface area (Å²) >= 11 is 1.02. The van der Waals surface area contributed by atoms with E-state index >= 15 is 0 Å². The van der Waals surface area contributed by atoms with Gasteiger partial charge in [-0.2, -0.15) is 0 Å². The number of amides is 2. The van der Waals surface area contributed by atoms with Gasteiger partial charge in [-0.1, -0.05) is 11.8 Å². The molecule has 2 amide bonds. The van der Waals surface area contributed by atoms with Crippen LogP contribution in [0.15, 0.2) is 41.4 Å². The number of carbonyl (C=O) groups is 2. The first-order valence-corrected chi connectivity index (χ1v) is 11.2. The van der Waals surface area contributed by atoms with E-state index < -0.39 is 23.7 Å². The Kier molecular flexibility index (Phi) is 5.87. The zero-order chi connectivity index (χ0) is 22.9. The predicted molar refractivity (Wildman–Crippen MR) is 118 cm³/mol. The Bertz CT molecular complexity index is 1150. The van der Waals surface area contributed by atoms with Gasteiger partial charge in [-0.05, 0) is 24.3 Å². The van der Waals surface area contributed by atoms with Gasteiger partial charge < -0.3 is 14.8 Å². The van der Waals surface area contributed by atoms with E-state index in [9.17, 15) is 18.4 Å². The number of carbonyl (C=O) groups excluding carboxylic acids is 2. The summed E-state index contributed by atoms with van der Waals surface area (Å²) in [6, 6.07) is 8.28. The summed E-state index contributed by atoms with van der Waals surface area (Å²) in [5.41, 5.74) is 6.46. The minimum atomic E-state index is -1.08. The fraction of sp³-hybridized carbons (Fsp3) is 0.286. The number of hydrogen-bond acceptors (Lipinski definition) is 8. The highest BCUT2D eigenvalue weighted by atomic mass is 32.2. The molecule has 0 bridgehead atoms. The van der Waals surface area contributed by atoms with E-state index in [-0.39, 0.29) is 28.4 Å². The maximum Gasteiger partial charge on any atom is 0.241 e. The average Bonchev–Trinajstić information content (AvgIpc) is 3.29. The van der Waals surface area contributed by atoms with Crippen LogP contribution in [-0.2, 0) is 9.59 Å². The van der Waals surface area contributed by atoms with E-state index in [1.54, 1.807) is 18.2 Å². The lowest BCUT2D eigenvalue weighted by molar-refractivity contribution is -0.121. The van der Waals surface area contributed by atoms with Gasteiger partial charge in [0.25, 0.3) is 0 Å². The fourth-order valence-corrected chi connectivity index (χ4v) is 4.52. The quantitative estimate of drug-likeness (QED) is 0.620. The summed E-state index contributed by atoms with van der Waals surface area (Å²) in [6.07, 6.45) is -0.512. The molecule has 9 nitrogen and oxygen atoms in total. The zero-order valence-electron chi connectivity index (χ0n) is 17.1. The smallest absolute Gasteiger partial charge is 0.241 e. The van der Waals surface area contributed by atoms with Gasteiger partial charge >= 0.3 is 0 Å². The van der Waals surface area contributed by atoms with Crippen molar-refractivity contribution in [3.05, 3.63) is 48.0 Å². The number of hydrazine groups is 1. The van der Waals surface area contributed by atoms with Crippen LogP contribution < -0.4 is 30.5 Å². The van der Waals surface area contributed by atoms with Crippen molar-refractivity contribution in [2.45, 2.75) is 6.17 Å². The number of benzene rings is 2. The first kappa shape index (κ1) is 21.6. The van der Waals surface area contributed by atoms with Gasteiger partial charge in [-0.25, -0.2) is 19.2 Å². The number of thioether (sulfide) groups is 1.